The molecule has 0 saturated heterocycles. The van der Waals surface area contributed by atoms with Crippen molar-refractivity contribution in [2.75, 3.05) is 13.1 Å². The van der Waals surface area contributed by atoms with Crippen LogP contribution in [-0.4, -0.2) is 24.9 Å². The van der Waals surface area contributed by atoms with Crippen LogP contribution in [0.1, 0.15) is 97.3 Å². The molecular weight excluding hydrogens is 288 g/mol. The van der Waals surface area contributed by atoms with Gasteiger partial charge in [-0.05, 0) is 25.7 Å². The summed E-state index contributed by atoms with van der Waals surface area (Å²) in [5.74, 6) is 0.336. The molecule has 4 heteroatoms. The van der Waals surface area contributed by atoms with Crippen LogP contribution in [0.25, 0.3) is 0 Å². The molecular formula is C19H38N2O2. The van der Waals surface area contributed by atoms with Gasteiger partial charge in [-0.15, -0.1) is 0 Å². The molecule has 0 aliphatic heterocycles. The Kier molecular flexibility index (Phi) is 16.5. The molecule has 0 saturated carbocycles. The first-order chi connectivity index (χ1) is 11.2. The molecule has 0 unspecified atom stereocenters. The van der Waals surface area contributed by atoms with Gasteiger partial charge in [0.25, 0.3) is 0 Å². The zero-order chi connectivity index (χ0) is 17.2. The van der Waals surface area contributed by atoms with Crippen LogP contribution in [0.3, 0.4) is 0 Å². The summed E-state index contributed by atoms with van der Waals surface area (Å²) in [5.41, 5.74) is 0. The second-order valence-corrected chi connectivity index (χ2v) is 6.38. The standard InChI is InChI=1S/C19H38N2O2/c1-3-5-6-7-10-13-17-21-19(23)15-12-9-8-11-14-18(22)20-16-4-2/h3-17H2,1-2H3,(H,20,22)(H,21,23). The molecule has 0 atom stereocenters. The van der Waals surface area contributed by atoms with Crippen LogP contribution < -0.4 is 10.6 Å². The molecule has 0 bridgehead atoms. The van der Waals surface area contributed by atoms with Crippen molar-refractivity contribution in [3.63, 3.8) is 0 Å². The maximum Gasteiger partial charge on any atom is 0.219 e. The molecule has 0 fully saturated rings. The monoisotopic (exact) mass is 326 g/mol. The van der Waals surface area contributed by atoms with E-state index in [0.717, 1.165) is 51.6 Å². The van der Waals surface area contributed by atoms with Crippen molar-refractivity contribution in [2.45, 2.75) is 97.3 Å². The first-order valence-electron chi connectivity index (χ1n) is 9.74. The molecule has 0 rings (SSSR count). The number of hydrogen-bond acceptors (Lipinski definition) is 2. The second kappa shape index (κ2) is 17.3. The van der Waals surface area contributed by atoms with Crippen LogP contribution in [0.4, 0.5) is 0 Å². The molecule has 0 aromatic carbocycles. The predicted octanol–water partition coefficient (Wildman–Crippen LogP) is 4.33. The van der Waals surface area contributed by atoms with Crippen molar-refractivity contribution in [2.24, 2.45) is 0 Å². The van der Waals surface area contributed by atoms with Gasteiger partial charge in [-0.25, -0.2) is 0 Å². The van der Waals surface area contributed by atoms with Gasteiger partial charge in [0.05, 0.1) is 0 Å². The average molecular weight is 327 g/mol. The topological polar surface area (TPSA) is 58.2 Å². The van der Waals surface area contributed by atoms with Crippen LogP contribution in [0.2, 0.25) is 0 Å². The zero-order valence-electron chi connectivity index (χ0n) is 15.4. The van der Waals surface area contributed by atoms with Gasteiger partial charge in [-0.1, -0.05) is 58.8 Å². The lowest BCUT2D eigenvalue weighted by atomic mass is 10.1. The minimum atomic E-state index is 0.156. The van der Waals surface area contributed by atoms with E-state index in [-0.39, 0.29) is 11.8 Å². The lowest BCUT2D eigenvalue weighted by molar-refractivity contribution is -0.122. The Hall–Kier alpha value is -1.06. The molecule has 0 aliphatic rings. The molecule has 0 aromatic heterocycles. The number of nitrogens with one attached hydrogen (secondary N) is 2. The zero-order valence-corrected chi connectivity index (χ0v) is 15.4. The summed E-state index contributed by atoms with van der Waals surface area (Å²) in [5, 5.41) is 5.89. The largest absolute Gasteiger partial charge is 0.356 e. The average Bonchev–Trinajstić information content (AvgIpc) is 2.55. The van der Waals surface area contributed by atoms with Gasteiger partial charge in [-0.3, -0.25) is 9.59 Å². The molecule has 2 N–H and O–H groups in total. The molecule has 4 nitrogen and oxygen atoms in total. The van der Waals surface area contributed by atoms with Crippen LogP contribution in [0, 0.1) is 0 Å². The highest BCUT2D eigenvalue weighted by molar-refractivity contribution is 5.76. The van der Waals surface area contributed by atoms with E-state index >= 15 is 0 Å². The van der Waals surface area contributed by atoms with E-state index in [1.54, 1.807) is 0 Å². The highest BCUT2D eigenvalue weighted by atomic mass is 16.2. The Balaban J connectivity index is 3.26. The minimum absolute atomic E-state index is 0.156. The number of unbranched alkanes of at least 4 members (excludes halogenated alkanes) is 8. The third kappa shape index (κ3) is 17.1. The lowest BCUT2D eigenvalue weighted by Gasteiger charge is -2.06. The van der Waals surface area contributed by atoms with E-state index in [0.29, 0.717) is 12.8 Å². The second-order valence-electron chi connectivity index (χ2n) is 6.38. The van der Waals surface area contributed by atoms with Gasteiger partial charge in [0.2, 0.25) is 11.8 Å². The summed E-state index contributed by atoms with van der Waals surface area (Å²) in [6, 6.07) is 0. The highest BCUT2D eigenvalue weighted by Gasteiger charge is 2.02. The number of carbonyl (C=O) groups excluding carboxylic acids is 2. The predicted molar refractivity (Wildman–Crippen MR) is 97.4 cm³/mol. The number of hydrogen-bond donors (Lipinski definition) is 2. The molecule has 23 heavy (non-hydrogen) atoms. The van der Waals surface area contributed by atoms with Gasteiger partial charge >= 0.3 is 0 Å². The highest BCUT2D eigenvalue weighted by Crippen LogP contribution is 2.06. The van der Waals surface area contributed by atoms with E-state index in [2.05, 4.69) is 24.5 Å². The number of carbonyl (C=O) groups is 2. The Bertz CT molecular complexity index is 293. The van der Waals surface area contributed by atoms with Crippen molar-refractivity contribution in [3.8, 4) is 0 Å². The molecule has 2 amide bonds. The lowest BCUT2D eigenvalue weighted by Crippen LogP contribution is -2.24. The fourth-order valence-corrected chi connectivity index (χ4v) is 2.50. The van der Waals surface area contributed by atoms with Gasteiger partial charge in [0.15, 0.2) is 0 Å². The maximum atomic E-state index is 11.7. The number of rotatable bonds is 16. The van der Waals surface area contributed by atoms with Crippen LogP contribution >= 0.6 is 0 Å². The van der Waals surface area contributed by atoms with E-state index in [4.69, 9.17) is 0 Å². The third-order valence-electron chi connectivity index (χ3n) is 3.98. The molecule has 0 aliphatic carbocycles. The fraction of sp³-hybridized carbons (Fsp3) is 0.895. The Morgan fingerprint density at radius 2 is 1.04 bits per heavy atom. The normalized spacial score (nSPS) is 10.5. The Morgan fingerprint density at radius 1 is 0.565 bits per heavy atom. The smallest absolute Gasteiger partial charge is 0.219 e. The molecule has 0 heterocycles. The maximum absolute atomic E-state index is 11.7. The quantitative estimate of drug-likeness (QED) is 0.415. The molecule has 0 spiro atoms. The summed E-state index contributed by atoms with van der Waals surface area (Å²) in [6.45, 7) is 5.87. The van der Waals surface area contributed by atoms with Crippen molar-refractivity contribution in [1.82, 2.24) is 10.6 Å². The van der Waals surface area contributed by atoms with Gasteiger partial charge in [-0.2, -0.15) is 0 Å². The Labute approximate surface area is 143 Å². The Morgan fingerprint density at radius 3 is 1.61 bits per heavy atom. The summed E-state index contributed by atoms with van der Waals surface area (Å²) >= 11 is 0. The SMILES string of the molecule is CCCCCCCCNC(=O)CCCCCCC(=O)NCCC. The van der Waals surface area contributed by atoms with E-state index in [1.807, 2.05) is 0 Å². The summed E-state index contributed by atoms with van der Waals surface area (Å²) in [4.78, 5) is 23.1. The molecule has 136 valence electrons. The van der Waals surface area contributed by atoms with E-state index in [1.165, 1.54) is 32.1 Å². The molecule has 0 radical (unpaired) electrons. The fourth-order valence-electron chi connectivity index (χ4n) is 2.50. The third-order valence-corrected chi connectivity index (χ3v) is 3.98. The van der Waals surface area contributed by atoms with Gasteiger partial charge in [0.1, 0.15) is 0 Å². The van der Waals surface area contributed by atoms with E-state index < -0.39 is 0 Å². The molecule has 0 aromatic rings. The van der Waals surface area contributed by atoms with Crippen molar-refractivity contribution in [1.29, 1.82) is 0 Å². The summed E-state index contributed by atoms with van der Waals surface area (Å²) in [6.07, 6.45) is 13.7. The van der Waals surface area contributed by atoms with Crippen LogP contribution in [-0.2, 0) is 9.59 Å². The van der Waals surface area contributed by atoms with Crippen molar-refractivity contribution < 1.29 is 9.59 Å². The van der Waals surface area contributed by atoms with Gasteiger partial charge in [0, 0.05) is 25.9 Å². The number of amides is 2. The van der Waals surface area contributed by atoms with Crippen LogP contribution in [0.15, 0.2) is 0 Å². The van der Waals surface area contributed by atoms with Crippen molar-refractivity contribution in [3.05, 3.63) is 0 Å². The van der Waals surface area contributed by atoms with E-state index in [9.17, 15) is 9.59 Å². The first-order valence-corrected chi connectivity index (χ1v) is 9.74. The van der Waals surface area contributed by atoms with Gasteiger partial charge < -0.3 is 10.6 Å². The summed E-state index contributed by atoms with van der Waals surface area (Å²) < 4.78 is 0. The van der Waals surface area contributed by atoms with Crippen LogP contribution in [0.5, 0.6) is 0 Å². The summed E-state index contributed by atoms with van der Waals surface area (Å²) in [7, 11) is 0. The minimum Gasteiger partial charge on any atom is -0.356 e. The first kappa shape index (κ1) is 21.9. The van der Waals surface area contributed by atoms with Crippen molar-refractivity contribution >= 4 is 11.8 Å².